The van der Waals surface area contributed by atoms with Crippen molar-refractivity contribution in [2.75, 3.05) is 0 Å². The quantitative estimate of drug-likeness (QED) is 0.830. The largest absolute Gasteiger partial charge is 0.478 e. The molecule has 0 saturated carbocycles. The molecule has 0 bridgehead atoms. The van der Waals surface area contributed by atoms with E-state index >= 15 is 0 Å². The summed E-state index contributed by atoms with van der Waals surface area (Å²) in [7, 11) is 0. The number of hydrogen-bond acceptors (Lipinski definition) is 3. The molecule has 1 aromatic carbocycles. The van der Waals surface area contributed by atoms with E-state index in [2.05, 4.69) is 0 Å². The number of carboxylic acid groups (broad SMARTS) is 1. The first-order valence-corrected chi connectivity index (χ1v) is 5.04. The highest BCUT2D eigenvalue weighted by atomic mass is 32.2. The summed E-state index contributed by atoms with van der Waals surface area (Å²) in [5.74, 6) is -0.539. The summed E-state index contributed by atoms with van der Waals surface area (Å²) in [4.78, 5) is 21.5. The predicted molar refractivity (Wildman–Crippen MR) is 55.4 cm³/mol. The van der Waals surface area contributed by atoms with Crippen molar-refractivity contribution in [1.82, 2.24) is 0 Å². The van der Waals surface area contributed by atoms with E-state index in [-0.39, 0.29) is 10.7 Å². The van der Waals surface area contributed by atoms with Gasteiger partial charge in [-0.3, -0.25) is 4.79 Å². The average molecular weight is 210 g/mol. The standard InChI is InChI=1S/C10H10O3S/c1-7(11)14-6-8-4-2-3-5-9(8)10(12)13/h2-5H,6H2,1H3,(H,12,13). The molecule has 0 aliphatic carbocycles. The van der Waals surface area contributed by atoms with Gasteiger partial charge >= 0.3 is 5.97 Å². The second kappa shape index (κ2) is 4.81. The molecule has 1 aromatic rings. The van der Waals surface area contributed by atoms with Gasteiger partial charge in [0.2, 0.25) is 0 Å². The summed E-state index contributed by atoms with van der Waals surface area (Å²) in [6.07, 6.45) is 0. The number of carboxylic acids is 1. The van der Waals surface area contributed by atoms with Crippen molar-refractivity contribution in [1.29, 1.82) is 0 Å². The maximum Gasteiger partial charge on any atom is 0.335 e. The Bertz CT molecular complexity index is 360. The second-order valence-electron chi connectivity index (χ2n) is 2.74. The average Bonchev–Trinajstić information content (AvgIpc) is 2.15. The van der Waals surface area contributed by atoms with Gasteiger partial charge in [-0.2, -0.15) is 0 Å². The highest BCUT2D eigenvalue weighted by Crippen LogP contribution is 2.16. The van der Waals surface area contributed by atoms with Gasteiger partial charge in [0, 0.05) is 12.7 Å². The third kappa shape index (κ3) is 2.88. The third-order valence-corrected chi connectivity index (χ3v) is 2.54. The van der Waals surface area contributed by atoms with E-state index in [1.165, 1.54) is 6.92 Å². The maximum atomic E-state index is 10.8. The Hall–Kier alpha value is -1.29. The van der Waals surface area contributed by atoms with E-state index in [1.807, 2.05) is 0 Å². The summed E-state index contributed by atoms with van der Waals surface area (Å²) in [6.45, 7) is 1.47. The number of thioether (sulfide) groups is 1. The van der Waals surface area contributed by atoms with Crippen LogP contribution >= 0.6 is 11.8 Å². The fraction of sp³-hybridized carbons (Fsp3) is 0.200. The molecule has 14 heavy (non-hydrogen) atoms. The van der Waals surface area contributed by atoms with Crippen LogP contribution in [0.25, 0.3) is 0 Å². The van der Waals surface area contributed by atoms with E-state index in [0.29, 0.717) is 11.3 Å². The van der Waals surface area contributed by atoms with Gasteiger partial charge in [-0.1, -0.05) is 30.0 Å². The number of rotatable bonds is 3. The van der Waals surface area contributed by atoms with Crippen LogP contribution in [0.3, 0.4) is 0 Å². The van der Waals surface area contributed by atoms with Gasteiger partial charge in [0.05, 0.1) is 5.56 Å². The molecule has 0 unspecified atom stereocenters. The zero-order valence-corrected chi connectivity index (χ0v) is 8.50. The molecule has 0 amide bonds. The monoisotopic (exact) mass is 210 g/mol. The fourth-order valence-corrected chi connectivity index (χ4v) is 1.64. The zero-order chi connectivity index (χ0) is 10.6. The molecule has 74 valence electrons. The van der Waals surface area contributed by atoms with Crippen molar-refractivity contribution in [2.24, 2.45) is 0 Å². The summed E-state index contributed by atoms with van der Waals surface area (Å²) in [6, 6.07) is 6.70. The summed E-state index contributed by atoms with van der Waals surface area (Å²) in [5.41, 5.74) is 0.946. The molecule has 1 rings (SSSR count). The summed E-state index contributed by atoms with van der Waals surface area (Å²) in [5, 5.41) is 8.83. The molecule has 0 saturated heterocycles. The second-order valence-corrected chi connectivity index (χ2v) is 3.89. The smallest absolute Gasteiger partial charge is 0.335 e. The van der Waals surface area contributed by atoms with Crippen LogP contribution in [0.1, 0.15) is 22.8 Å². The van der Waals surface area contributed by atoms with Gasteiger partial charge in [-0.15, -0.1) is 0 Å². The van der Waals surface area contributed by atoms with E-state index < -0.39 is 5.97 Å². The van der Waals surface area contributed by atoms with Crippen LogP contribution in [0.5, 0.6) is 0 Å². The lowest BCUT2D eigenvalue weighted by Gasteiger charge is -2.03. The van der Waals surface area contributed by atoms with Gasteiger partial charge in [0.25, 0.3) is 0 Å². The summed E-state index contributed by atoms with van der Waals surface area (Å²) < 4.78 is 0. The molecule has 0 fully saturated rings. The number of benzene rings is 1. The molecule has 0 aliphatic heterocycles. The van der Waals surface area contributed by atoms with Crippen molar-refractivity contribution in [3.8, 4) is 0 Å². The van der Waals surface area contributed by atoms with Gasteiger partial charge in [-0.05, 0) is 11.6 Å². The molecule has 0 atom stereocenters. The van der Waals surface area contributed by atoms with Gasteiger partial charge in [0.15, 0.2) is 5.12 Å². The molecule has 0 radical (unpaired) electrons. The maximum absolute atomic E-state index is 10.8. The van der Waals surface area contributed by atoms with Crippen molar-refractivity contribution in [3.05, 3.63) is 35.4 Å². The lowest BCUT2D eigenvalue weighted by atomic mass is 10.1. The van der Waals surface area contributed by atoms with E-state index in [0.717, 1.165) is 11.8 Å². The molecule has 0 heterocycles. The van der Waals surface area contributed by atoms with Crippen molar-refractivity contribution in [2.45, 2.75) is 12.7 Å². The van der Waals surface area contributed by atoms with E-state index in [1.54, 1.807) is 24.3 Å². The Morgan fingerprint density at radius 2 is 2.00 bits per heavy atom. The number of hydrogen-bond donors (Lipinski definition) is 1. The van der Waals surface area contributed by atoms with Crippen LogP contribution in [-0.4, -0.2) is 16.2 Å². The van der Waals surface area contributed by atoms with Crippen LogP contribution in [0, 0.1) is 0 Å². The van der Waals surface area contributed by atoms with Gasteiger partial charge in [0.1, 0.15) is 0 Å². The first-order valence-electron chi connectivity index (χ1n) is 4.06. The molecular formula is C10H10O3S. The molecule has 3 nitrogen and oxygen atoms in total. The number of carbonyl (C=O) groups excluding carboxylic acids is 1. The van der Waals surface area contributed by atoms with E-state index in [4.69, 9.17) is 5.11 Å². The van der Waals surface area contributed by atoms with Crippen molar-refractivity contribution >= 4 is 22.8 Å². The minimum Gasteiger partial charge on any atom is -0.478 e. The molecule has 0 aliphatic rings. The first-order chi connectivity index (χ1) is 6.61. The van der Waals surface area contributed by atoms with Crippen LogP contribution in [0.4, 0.5) is 0 Å². The first kappa shape index (κ1) is 10.8. The lowest BCUT2D eigenvalue weighted by molar-refractivity contribution is -0.109. The Morgan fingerprint density at radius 3 is 2.57 bits per heavy atom. The minimum absolute atomic E-state index is 0.00908. The van der Waals surface area contributed by atoms with Crippen LogP contribution in [-0.2, 0) is 10.5 Å². The van der Waals surface area contributed by atoms with Crippen LogP contribution in [0.15, 0.2) is 24.3 Å². The topological polar surface area (TPSA) is 54.4 Å². The molecule has 1 N–H and O–H groups in total. The van der Waals surface area contributed by atoms with Gasteiger partial charge < -0.3 is 5.11 Å². The fourth-order valence-electron chi connectivity index (χ4n) is 1.03. The molecular weight excluding hydrogens is 200 g/mol. The molecule has 0 spiro atoms. The highest BCUT2D eigenvalue weighted by molar-refractivity contribution is 8.12. The number of aromatic carboxylic acids is 1. The Kier molecular flexibility index (Phi) is 3.71. The lowest BCUT2D eigenvalue weighted by Crippen LogP contribution is -2.01. The Balaban J connectivity index is 2.84. The van der Waals surface area contributed by atoms with Crippen molar-refractivity contribution < 1.29 is 14.7 Å². The Morgan fingerprint density at radius 1 is 1.36 bits per heavy atom. The highest BCUT2D eigenvalue weighted by Gasteiger charge is 2.09. The minimum atomic E-state index is -0.954. The summed E-state index contributed by atoms with van der Waals surface area (Å²) >= 11 is 1.11. The van der Waals surface area contributed by atoms with E-state index in [9.17, 15) is 9.59 Å². The molecule has 4 heteroatoms. The van der Waals surface area contributed by atoms with Crippen molar-refractivity contribution in [3.63, 3.8) is 0 Å². The van der Waals surface area contributed by atoms with Crippen LogP contribution in [0.2, 0.25) is 0 Å². The van der Waals surface area contributed by atoms with Crippen LogP contribution < -0.4 is 0 Å². The number of carbonyl (C=O) groups is 2. The zero-order valence-electron chi connectivity index (χ0n) is 7.69. The third-order valence-electron chi connectivity index (χ3n) is 1.68. The Labute approximate surface area is 86.1 Å². The SMILES string of the molecule is CC(=O)SCc1ccccc1C(=O)O. The predicted octanol–water partition coefficient (Wildman–Crippen LogP) is 2.16. The normalized spacial score (nSPS) is 9.79. The molecule has 0 aromatic heterocycles. The van der Waals surface area contributed by atoms with Gasteiger partial charge in [-0.25, -0.2) is 4.79 Å².